The van der Waals surface area contributed by atoms with Gasteiger partial charge in [-0.2, -0.15) is 0 Å². The molecule has 1 N–H and O–H groups in total. The molecule has 0 radical (unpaired) electrons. The number of hydrogen-bond donors (Lipinski definition) is 1. The predicted molar refractivity (Wildman–Crippen MR) is 80.5 cm³/mol. The van der Waals surface area contributed by atoms with Crippen LogP contribution in [0.1, 0.15) is 0 Å². The molecule has 0 aliphatic heterocycles. The zero-order valence-corrected chi connectivity index (χ0v) is 13.0. The first-order valence-electron chi connectivity index (χ1n) is 5.87. The third kappa shape index (κ3) is 3.12. The van der Waals surface area contributed by atoms with E-state index in [1.807, 2.05) is 30.3 Å². The molecule has 0 aromatic heterocycles. The molecule has 0 spiro atoms. The largest absolute Gasteiger partial charge is 0.276 e. The smallest absolute Gasteiger partial charge is 0.189 e. The minimum absolute atomic E-state index is 1.01. The summed E-state index contributed by atoms with van der Waals surface area (Å²) in [4.78, 5) is 4.76. The lowest BCUT2D eigenvalue weighted by Gasteiger charge is -2.40. The third-order valence-corrected chi connectivity index (χ3v) is 6.29. The maximum Gasteiger partial charge on any atom is 0.189 e. The van der Waals surface area contributed by atoms with Crippen molar-refractivity contribution in [3.8, 4) is 0 Å². The topological polar surface area (TPSA) is 34.1 Å². The van der Waals surface area contributed by atoms with Crippen molar-refractivity contribution in [1.82, 2.24) is 14.0 Å². The minimum Gasteiger partial charge on any atom is -0.276 e. The molecule has 1 aromatic rings. The van der Waals surface area contributed by atoms with Crippen LogP contribution in [0.2, 0.25) is 0 Å². The molecular weight excluding hydrogens is 245 g/mol. The average molecular weight is 269 g/mol. The number of rotatable bonds is 5. The van der Waals surface area contributed by atoms with Crippen LogP contribution in [0, 0.1) is 0 Å². The summed E-state index contributed by atoms with van der Waals surface area (Å²) in [6, 6.07) is 10.0. The molecule has 0 aliphatic carbocycles. The normalized spacial score (nSPS) is 12.3. The van der Waals surface area contributed by atoms with Crippen molar-refractivity contribution in [2.24, 2.45) is 4.85 Å². The van der Waals surface area contributed by atoms with Gasteiger partial charge in [0.2, 0.25) is 0 Å². The van der Waals surface area contributed by atoms with Gasteiger partial charge in [0.1, 0.15) is 0 Å². The van der Waals surface area contributed by atoms with Crippen LogP contribution in [-0.2, 0) is 0 Å². The lowest BCUT2D eigenvalue weighted by atomic mass is 10.3. The highest BCUT2D eigenvalue weighted by Crippen LogP contribution is 2.54. The Kier molecular flexibility index (Phi) is 5.35. The van der Waals surface area contributed by atoms with Gasteiger partial charge in [0, 0.05) is 0 Å². The lowest BCUT2D eigenvalue weighted by Crippen LogP contribution is -2.31. The fourth-order valence-electron chi connectivity index (χ4n) is 1.98. The van der Waals surface area contributed by atoms with Gasteiger partial charge >= 0.3 is 0 Å². The Morgan fingerprint density at radius 2 is 1.28 bits per heavy atom. The highest BCUT2D eigenvalue weighted by molar-refractivity contribution is 7.59. The molecule has 0 heterocycles. The molecule has 0 fully saturated rings. The monoisotopic (exact) mass is 269 g/mol. The van der Waals surface area contributed by atoms with Gasteiger partial charge in [0.05, 0.1) is 5.69 Å². The van der Waals surface area contributed by atoms with Crippen molar-refractivity contribution in [1.29, 1.82) is 0 Å². The van der Waals surface area contributed by atoms with Crippen LogP contribution in [0.4, 0.5) is 5.69 Å². The van der Waals surface area contributed by atoms with Crippen LogP contribution in [0.15, 0.2) is 35.2 Å². The van der Waals surface area contributed by atoms with Gasteiger partial charge in [-0.1, -0.05) is 18.2 Å². The number of nitrogens with zero attached hydrogens (tertiary/aromatic N) is 4. The van der Waals surface area contributed by atoms with Crippen LogP contribution >= 0.6 is 7.51 Å². The van der Waals surface area contributed by atoms with E-state index >= 15 is 0 Å². The van der Waals surface area contributed by atoms with E-state index in [9.17, 15) is 0 Å². The number of hydrogen-bond acceptors (Lipinski definition) is 1. The second kappa shape index (κ2) is 6.34. The summed E-state index contributed by atoms with van der Waals surface area (Å²) in [6.07, 6.45) is 0. The number of benzene rings is 1. The van der Waals surface area contributed by atoms with E-state index in [-0.39, 0.29) is 0 Å². The van der Waals surface area contributed by atoms with Crippen LogP contribution in [0.5, 0.6) is 0 Å². The van der Waals surface area contributed by atoms with Gasteiger partial charge in [-0.15, -0.1) is 4.85 Å². The van der Waals surface area contributed by atoms with Crippen molar-refractivity contribution in [2.45, 2.75) is 0 Å². The number of nitrogens with one attached hydrogen (secondary N) is 1. The highest BCUT2D eigenvalue weighted by atomic mass is 31.2. The predicted octanol–water partition coefficient (Wildman–Crippen LogP) is 2.64. The summed E-state index contributed by atoms with van der Waals surface area (Å²) in [5.41, 5.74) is 4.19. The molecule has 1 aromatic carbocycles. The molecule has 0 atom stereocenters. The molecule has 102 valence electrons. The second-order valence-corrected chi connectivity index (χ2v) is 8.33. The second-order valence-electron chi connectivity index (χ2n) is 4.66. The van der Waals surface area contributed by atoms with E-state index in [4.69, 9.17) is 4.85 Å². The van der Waals surface area contributed by atoms with E-state index in [0.717, 1.165) is 5.69 Å². The molecule has 0 aliphatic rings. The minimum atomic E-state index is -1.86. The van der Waals surface area contributed by atoms with Gasteiger partial charge in [-0.05, 0) is 54.4 Å². The standard InChI is InChI=1S/C12H24N5P/c1-15(2)18(16(3)4,17(5)6)14-13-12-10-8-7-9-11-12/h7-11,13H,1-6H3. The first-order chi connectivity index (χ1) is 8.41. The molecular formula is C12H24N5P. The van der Waals surface area contributed by atoms with Gasteiger partial charge in [0.25, 0.3) is 0 Å². The average Bonchev–Trinajstić information content (AvgIpc) is 2.29. The maximum atomic E-state index is 4.76. The Bertz CT molecular complexity index is 385. The van der Waals surface area contributed by atoms with Gasteiger partial charge in [0.15, 0.2) is 7.51 Å². The molecule has 6 heteroatoms. The van der Waals surface area contributed by atoms with Crippen molar-refractivity contribution < 1.29 is 0 Å². The Hall–Kier alpha value is -0.870. The summed E-state index contributed by atoms with van der Waals surface area (Å²) in [5.74, 6) is 0. The van der Waals surface area contributed by atoms with E-state index in [2.05, 4.69) is 61.7 Å². The molecule has 1 rings (SSSR count). The number of para-hydroxylation sites is 1. The van der Waals surface area contributed by atoms with Crippen molar-refractivity contribution >= 4 is 13.2 Å². The molecule has 5 nitrogen and oxygen atoms in total. The first kappa shape index (κ1) is 15.2. The maximum absolute atomic E-state index is 4.76. The molecule has 0 bridgehead atoms. The summed E-state index contributed by atoms with van der Waals surface area (Å²) >= 11 is 0. The Morgan fingerprint density at radius 1 is 0.833 bits per heavy atom. The quantitative estimate of drug-likeness (QED) is 0.658. The lowest BCUT2D eigenvalue weighted by molar-refractivity contribution is 0.473. The van der Waals surface area contributed by atoms with E-state index in [0.29, 0.717) is 0 Å². The summed E-state index contributed by atoms with van der Waals surface area (Å²) in [5, 5.41) is 0. The Balaban J connectivity index is 3.11. The molecule has 0 saturated carbocycles. The van der Waals surface area contributed by atoms with Gasteiger partial charge in [-0.3, -0.25) is 19.4 Å². The molecule has 0 unspecified atom stereocenters. The fraction of sp³-hybridized carbons (Fsp3) is 0.500. The highest BCUT2D eigenvalue weighted by Gasteiger charge is 2.28. The first-order valence-corrected chi connectivity index (χ1v) is 7.47. The van der Waals surface area contributed by atoms with Gasteiger partial charge in [-0.25, -0.2) is 0 Å². The summed E-state index contributed by atoms with van der Waals surface area (Å²) in [6.45, 7) is 0. The third-order valence-electron chi connectivity index (χ3n) is 2.70. The number of anilines is 1. The van der Waals surface area contributed by atoms with Gasteiger partial charge < -0.3 is 0 Å². The zero-order chi connectivity index (χ0) is 13.8. The van der Waals surface area contributed by atoms with Crippen molar-refractivity contribution in [2.75, 3.05) is 47.7 Å². The van der Waals surface area contributed by atoms with Crippen molar-refractivity contribution in [3.63, 3.8) is 0 Å². The van der Waals surface area contributed by atoms with E-state index in [1.165, 1.54) is 0 Å². The summed E-state index contributed by atoms with van der Waals surface area (Å²) in [7, 11) is 10.5. The molecule has 0 saturated heterocycles. The van der Waals surface area contributed by atoms with E-state index < -0.39 is 7.51 Å². The SMILES string of the molecule is CN(C)P(=NNc1ccccc1)(N(C)C)N(C)C. The summed E-state index contributed by atoms with van der Waals surface area (Å²) < 4.78 is 6.51. The Morgan fingerprint density at radius 3 is 1.67 bits per heavy atom. The Labute approximate surface area is 111 Å². The van der Waals surface area contributed by atoms with E-state index in [1.54, 1.807) is 0 Å². The molecule has 18 heavy (non-hydrogen) atoms. The van der Waals surface area contributed by atoms with Crippen LogP contribution < -0.4 is 5.43 Å². The van der Waals surface area contributed by atoms with Crippen LogP contribution in [-0.4, -0.2) is 56.3 Å². The van der Waals surface area contributed by atoms with Crippen LogP contribution in [0.25, 0.3) is 0 Å². The van der Waals surface area contributed by atoms with Crippen LogP contribution in [0.3, 0.4) is 0 Å². The zero-order valence-electron chi connectivity index (χ0n) is 12.1. The fourth-order valence-corrected chi connectivity index (χ4v) is 4.91. The van der Waals surface area contributed by atoms with Crippen molar-refractivity contribution in [3.05, 3.63) is 30.3 Å². The molecule has 0 amide bonds.